The van der Waals surface area contributed by atoms with Gasteiger partial charge in [-0.1, -0.05) is 25.1 Å². The highest BCUT2D eigenvalue weighted by Crippen LogP contribution is 2.22. The van der Waals surface area contributed by atoms with E-state index in [-0.39, 0.29) is 0 Å². The third-order valence-electron chi connectivity index (χ3n) is 2.94. The molecule has 0 aliphatic carbocycles. The molecule has 1 aromatic carbocycles. The summed E-state index contributed by atoms with van der Waals surface area (Å²) in [6.07, 6.45) is 6.57. The summed E-state index contributed by atoms with van der Waals surface area (Å²) in [7, 11) is 0. The largest absolute Gasteiger partial charge is 0.285 e. The van der Waals surface area contributed by atoms with E-state index in [2.05, 4.69) is 41.2 Å². The summed E-state index contributed by atoms with van der Waals surface area (Å²) >= 11 is 0. The number of hydrogen-bond acceptors (Lipinski definition) is 2. The zero-order valence-corrected chi connectivity index (χ0v) is 9.67. The molecular formula is C14H13N3. The molecule has 2 aromatic heterocycles. The van der Waals surface area contributed by atoms with Crippen molar-refractivity contribution in [2.75, 3.05) is 0 Å². The van der Waals surface area contributed by atoms with E-state index in [1.165, 1.54) is 16.5 Å². The maximum absolute atomic E-state index is 4.30. The summed E-state index contributed by atoms with van der Waals surface area (Å²) in [5, 5.41) is 1.23. The molecule has 0 saturated carbocycles. The molecule has 0 radical (unpaired) electrons. The Hall–Kier alpha value is -2.16. The molecule has 0 aliphatic rings. The molecule has 2 heterocycles. The van der Waals surface area contributed by atoms with Gasteiger partial charge in [-0.05, 0) is 24.1 Å². The lowest BCUT2D eigenvalue weighted by Crippen LogP contribution is -1.99. The number of para-hydroxylation sites is 1. The minimum Gasteiger partial charge on any atom is -0.285 e. The maximum Gasteiger partial charge on any atom is 0.234 e. The van der Waals surface area contributed by atoms with Crippen molar-refractivity contribution in [1.29, 1.82) is 0 Å². The second-order valence-corrected chi connectivity index (χ2v) is 3.94. The number of fused-ring (bicyclic) bond motifs is 1. The zero-order valence-electron chi connectivity index (χ0n) is 9.67. The molecule has 0 amide bonds. The van der Waals surface area contributed by atoms with E-state index in [0.29, 0.717) is 0 Å². The number of aryl methyl sites for hydroxylation is 1. The Balaban J connectivity index is 2.31. The molecule has 3 aromatic rings. The van der Waals surface area contributed by atoms with E-state index in [1.54, 1.807) is 12.4 Å². The number of nitrogens with zero attached hydrogens (tertiary/aromatic N) is 3. The molecule has 0 saturated heterocycles. The molecule has 0 spiro atoms. The van der Waals surface area contributed by atoms with Crippen LogP contribution in [0.3, 0.4) is 0 Å². The van der Waals surface area contributed by atoms with Crippen LogP contribution in [0.5, 0.6) is 0 Å². The topological polar surface area (TPSA) is 30.7 Å². The normalized spacial score (nSPS) is 10.9. The van der Waals surface area contributed by atoms with E-state index in [9.17, 15) is 0 Å². The first-order valence-corrected chi connectivity index (χ1v) is 5.76. The number of aromatic nitrogens is 3. The smallest absolute Gasteiger partial charge is 0.234 e. The third-order valence-corrected chi connectivity index (χ3v) is 2.94. The van der Waals surface area contributed by atoms with Gasteiger partial charge >= 0.3 is 0 Å². The number of hydrogen-bond donors (Lipinski definition) is 0. The molecule has 0 unspecified atom stereocenters. The minimum absolute atomic E-state index is 0.725. The van der Waals surface area contributed by atoms with Gasteiger partial charge in [-0.2, -0.15) is 0 Å². The summed E-state index contributed by atoms with van der Waals surface area (Å²) in [4.78, 5) is 8.60. The summed E-state index contributed by atoms with van der Waals surface area (Å²) in [5.74, 6) is 0.725. The Kier molecular flexibility index (Phi) is 2.37. The summed E-state index contributed by atoms with van der Waals surface area (Å²) in [6.45, 7) is 2.16. The number of rotatable bonds is 2. The predicted molar refractivity (Wildman–Crippen MR) is 68.2 cm³/mol. The van der Waals surface area contributed by atoms with Crippen LogP contribution in [0, 0.1) is 0 Å². The standard InChI is InChI=1S/C14H13N3/c1-2-11-5-3-6-12-7-10-17(13(11)12)14-15-8-4-9-16-14/h3-10H,2H2,1H3. The van der Waals surface area contributed by atoms with Crippen molar-refractivity contribution in [3.8, 4) is 5.95 Å². The zero-order chi connectivity index (χ0) is 11.7. The molecule has 0 N–H and O–H groups in total. The van der Waals surface area contributed by atoms with Crippen LogP contribution in [0.2, 0.25) is 0 Å². The van der Waals surface area contributed by atoms with Gasteiger partial charge in [0.15, 0.2) is 0 Å². The van der Waals surface area contributed by atoms with E-state index in [4.69, 9.17) is 0 Å². The molecule has 0 atom stereocenters. The van der Waals surface area contributed by atoms with Crippen LogP contribution in [0.4, 0.5) is 0 Å². The van der Waals surface area contributed by atoms with Crippen LogP contribution >= 0.6 is 0 Å². The van der Waals surface area contributed by atoms with Crippen molar-refractivity contribution >= 4 is 10.9 Å². The summed E-state index contributed by atoms with van der Waals surface area (Å²) in [5.41, 5.74) is 2.53. The van der Waals surface area contributed by atoms with Gasteiger partial charge in [-0.15, -0.1) is 0 Å². The summed E-state index contributed by atoms with van der Waals surface area (Å²) < 4.78 is 2.05. The van der Waals surface area contributed by atoms with Gasteiger partial charge in [-0.3, -0.25) is 4.57 Å². The highest BCUT2D eigenvalue weighted by atomic mass is 15.1. The molecule has 3 heteroatoms. The molecule has 3 rings (SSSR count). The van der Waals surface area contributed by atoms with Gasteiger partial charge < -0.3 is 0 Å². The van der Waals surface area contributed by atoms with Crippen LogP contribution in [-0.2, 0) is 6.42 Å². The van der Waals surface area contributed by atoms with Gasteiger partial charge in [0.05, 0.1) is 5.52 Å². The van der Waals surface area contributed by atoms with E-state index < -0.39 is 0 Å². The molecule has 0 fully saturated rings. The molecule has 84 valence electrons. The van der Waals surface area contributed by atoms with Gasteiger partial charge in [0.2, 0.25) is 5.95 Å². The summed E-state index contributed by atoms with van der Waals surface area (Å²) in [6, 6.07) is 10.3. The molecule has 17 heavy (non-hydrogen) atoms. The lowest BCUT2D eigenvalue weighted by atomic mass is 10.1. The second-order valence-electron chi connectivity index (χ2n) is 3.94. The first-order chi connectivity index (χ1) is 8.40. The predicted octanol–water partition coefficient (Wildman–Crippen LogP) is 2.98. The maximum atomic E-state index is 4.30. The fourth-order valence-corrected chi connectivity index (χ4v) is 2.14. The Labute approximate surface area is 99.8 Å². The van der Waals surface area contributed by atoms with Crippen LogP contribution in [0.1, 0.15) is 12.5 Å². The van der Waals surface area contributed by atoms with Gasteiger partial charge in [0.25, 0.3) is 0 Å². The lowest BCUT2D eigenvalue weighted by molar-refractivity contribution is 0.953. The van der Waals surface area contributed by atoms with E-state index >= 15 is 0 Å². The number of benzene rings is 1. The van der Waals surface area contributed by atoms with Crippen LogP contribution in [-0.4, -0.2) is 14.5 Å². The average molecular weight is 223 g/mol. The quantitative estimate of drug-likeness (QED) is 0.668. The van der Waals surface area contributed by atoms with Crippen molar-refractivity contribution < 1.29 is 0 Å². The van der Waals surface area contributed by atoms with E-state index in [1.807, 2.05) is 16.8 Å². The van der Waals surface area contributed by atoms with Crippen LogP contribution in [0.25, 0.3) is 16.9 Å². The van der Waals surface area contributed by atoms with Crippen molar-refractivity contribution in [1.82, 2.24) is 14.5 Å². The third kappa shape index (κ3) is 1.60. The Bertz CT molecular complexity index is 641. The van der Waals surface area contributed by atoms with Gasteiger partial charge in [0, 0.05) is 24.0 Å². The van der Waals surface area contributed by atoms with Gasteiger partial charge in [0.1, 0.15) is 0 Å². The highest BCUT2D eigenvalue weighted by molar-refractivity contribution is 5.84. The SMILES string of the molecule is CCc1cccc2ccn(-c3ncccn3)c12. The monoisotopic (exact) mass is 223 g/mol. The highest BCUT2D eigenvalue weighted by Gasteiger charge is 2.07. The first-order valence-electron chi connectivity index (χ1n) is 5.76. The Morgan fingerprint density at radius 1 is 1.06 bits per heavy atom. The first kappa shape index (κ1) is 10.0. The van der Waals surface area contributed by atoms with Crippen LogP contribution < -0.4 is 0 Å². The lowest BCUT2D eigenvalue weighted by Gasteiger charge is -2.06. The Morgan fingerprint density at radius 2 is 1.88 bits per heavy atom. The molecule has 0 aliphatic heterocycles. The van der Waals surface area contributed by atoms with Crippen molar-refractivity contribution in [2.45, 2.75) is 13.3 Å². The van der Waals surface area contributed by atoms with Crippen molar-refractivity contribution in [3.63, 3.8) is 0 Å². The average Bonchev–Trinajstić information content (AvgIpc) is 2.83. The molecule has 0 bridgehead atoms. The van der Waals surface area contributed by atoms with E-state index in [0.717, 1.165) is 12.4 Å². The fraction of sp³-hybridized carbons (Fsp3) is 0.143. The van der Waals surface area contributed by atoms with Crippen LogP contribution in [0.15, 0.2) is 48.9 Å². The molecule has 3 nitrogen and oxygen atoms in total. The molecular weight excluding hydrogens is 210 g/mol. The second kappa shape index (κ2) is 4.01. The van der Waals surface area contributed by atoms with Gasteiger partial charge in [-0.25, -0.2) is 9.97 Å². The van der Waals surface area contributed by atoms with Crippen molar-refractivity contribution in [3.05, 3.63) is 54.5 Å². The Morgan fingerprint density at radius 3 is 2.65 bits per heavy atom. The minimum atomic E-state index is 0.725. The fourth-order valence-electron chi connectivity index (χ4n) is 2.14. The van der Waals surface area contributed by atoms with Crippen molar-refractivity contribution in [2.24, 2.45) is 0 Å².